The van der Waals surface area contributed by atoms with E-state index in [1.54, 1.807) is 29.9 Å². The fourth-order valence-corrected chi connectivity index (χ4v) is 1.13. The number of nitrogens with zero attached hydrogens (tertiary/aromatic N) is 1. The average molecular weight is 222 g/mol. The number of aromatic nitrogens is 1. The second-order valence-corrected chi connectivity index (χ2v) is 3.30. The Morgan fingerprint density at radius 1 is 1.53 bits per heavy atom. The number of hydrogen-bond acceptors (Lipinski definition) is 2. The number of halogens is 3. The summed E-state index contributed by atoms with van der Waals surface area (Å²) in [5.41, 5.74) is 0.865. The Kier molecular flexibility index (Phi) is 3.76. The molecule has 0 spiro atoms. The monoisotopic (exact) mass is 222 g/mol. The Bertz CT molecular complexity index is 309. The molecule has 1 aromatic rings. The van der Waals surface area contributed by atoms with Crippen molar-refractivity contribution >= 4 is 0 Å². The maximum Gasteiger partial charge on any atom is 0.415 e. The standard InChI is InChI=1S/C9H13F3N2O/c1-14-4-2-3-7(14)5-13-6-8(15)9(10,11)12/h2-4,8,13,15H,5-6H2,1H3/t8-/m0/s1. The van der Waals surface area contributed by atoms with Crippen LogP contribution in [-0.4, -0.2) is 28.5 Å². The number of nitrogens with one attached hydrogen (secondary N) is 1. The van der Waals surface area contributed by atoms with E-state index in [4.69, 9.17) is 5.11 Å². The topological polar surface area (TPSA) is 37.2 Å². The number of alkyl halides is 3. The van der Waals surface area contributed by atoms with Crippen molar-refractivity contribution in [1.82, 2.24) is 9.88 Å². The molecule has 3 nitrogen and oxygen atoms in total. The molecular formula is C9H13F3N2O. The van der Waals surface area contributed by atoms with Crippen LogP contribution in [0, 0.1) is 0 Å². The smallest absolute Gasteiger partial charge is 0.382 e. The molecule has 15 heavy (non-hydrogen) atoms. The summed E-state index contributed by atoms with van der Waals surface area (Å²) in [6.07, 6.45) is -5.06. The molecule has 0 aliphatic heterocycles. The predicted octanol–water partition coefficient (Wildman–Crippen LogP) is 1.04. The van der Waals surface area contributed by atoms with E-state index in [1.807, 2.05) is 0 Å². The van der Waals surface area contributed by atoms with Gasteiger partial charge in [0.2, 0.25) is 0 Å². The van der Waals surface area contributed by atoms with Crippen LogP contribution in [0.3, 0.4) is 0 Å². The van der Waals surface area contributed by atoms with E-state index in [2.05, 4.69) is 5.32 Å². The molecule has 0 aromatic carbocycles. The van der Waals surface area contributed by atoms with E-state index >= 15 is 0 Å². The molecule has 1 rings (SSSR count). The molecule has 0 saturated heterocycles. The molecule has 0 aliphatic carbocycles. The zero-order chi connectivity index (χ0) is 11.5. The van der Waals surface area contributed by atoms with Crippen LogP contribution in [0.1, 0.15) is 5.69 Å². The van der Waals surface area contributed by atoms with Gasteiger partial charge in [0.15, 0.2) is 6.10 Å². The van der Waals surface area contributed by atoms with E-state index < -0.39 is 18.8 Å². The summed E-state index contributed by atoms with van der Waals surface area (Å²) >= 11 is 0. The summed E-state index contributed by atoms with van der Waals surface area (Å²) in [5, 5.41) is 11.2. The zero-order valence-corrected chi connectivity index (χ0v) is 8.25. The van der Waals surface area contributed by atoms with Crippen LogP contribution in [0.15, 0.2) is 18.3 Å². The molecule has 1 aromatic heterocycles. The van der Waals surface area contributed by atoms with Crippen molar-refractivity contribution < 1.29 is 18.3 Å². The summed E-state index contributed by atoms with van der Waals surface area (Å²) in [7, 11) is 1.80. The largest absolute Gasteiger partial charge is 0.415 e. The molecule has 0 radical (unpaired) electrons. The summed E-state index contributed by atoms with van der Waals surface area (Å²) in [4.78, 5) is 0. The van der Waals surface area contributed by atoms with Crippen LogP contribution in [0.25, 0.3) is 0 Å². The van der Waals surface area contributed by atoms with Gasteiger partial charge in [0.05, 0.1) is 0 Å². The van der Waals surface area contributed by atoms with Gasteiger partial charge in [0.25, 0.3) is 0 Å². The predicted molar refractivity (Wildman–Crippen MR) is 49.2 cm³/mol. The van der Waals surface area contributed by atoms with Crippen molar-refractivity contribution in [2.24, 2.45) is 7.05 Å². The Hall–Kier alpha value is -1.01. The molecule has 0 aliphatic rings. The first-order valence-electron chi connectivity index (χ1n) is 4.47. The lowest BCUT2D eigenvalue weighted by molar-refractivity contribution is -0.201. The van der Waals surface area contributed by atoms with Crippen LogP contribution < -0.4 is 5.32 Å². The highest BCUT2D eigenvalue weighted by Gasteiger charge is 2.37. The van der Waals surface area contributed by atoms with Gasteiger partial charge in [-0.3, -0.25) is 0 Å². The van der Waals surface area contributed by atoms with Gasteiger partial charge in [0, 0.05) is 32.0 Å². The van der Waals surface area contributed by atoms with Crippen LogP contribution in [0.2, 0.25) is 0 Å². The normalized spacial score (nSPS) is 14.2. The minimum Gasteiger partial charge on any atom is -0.382 e. The summed E-state index contributed by atoms with van der Waals surface area (Å²) in [6.45, 7) is -0.189. The van der Waals surface area contributed by atoms with E-state index in [-0.39, 0.29) is 0 Å². The van der Waals surface area contributed by atoms with E-state index in [0.717, 1.165) is 5.69 Å². The summed E-state index contributed by atoms with van der Waals surface area (Å²) in [6, 6.07) is 3.60. The molecule has 2 N–H and O–H groups in total. The highest BCUT2D eigenvalue weighted by Crippen LogP contribution is 2.19. The first-order chi connectivity index (χ1) is 6.91. The summed E-state index contributed by atoms with van der Waals surface area (Å²) in [5.74, 6) is 0. The van der Waals surface area contributed by atoms with Gasteiger partial charge in [0.1, 0.15) is 0 Å². The van der Waals surface area contributed by atoms with Gasteiger partial charge in [-0.05, 0) is 12.1 Å². The molecule has 1 heterocycles. The minimum atomic E-state index is -4.55. The molecule has 0 amide bonds. The fourth-order valence-electron chi connectivity index (χ4n) is 1.13. The Balaban J connectivity index is 2.31. The number of aliphatic hydroxyl groups is 1. The van der Waals surface area contributed by atoms with Gasteiger partial charge < -0.3 is 15.0 Å². The van der Waals surface area contributed by atoms with Crippen molar-refractivity contribution in [1.29, 1.82) is 0 Å². The minimum absolute atomic E-state index is 0.302. The lowest BCUT2D eigenvalue weighted by atomic mass is 10.3. The third-order valence-electron chi connectivity index (χ3n) is 2.07. The van der Waals surface area contributed by atoms with Gasteiger partial charge in [-0.1, -0.05) is 0 Å². The van der Waals surface area contributed by atoms with Crippen molar-refractivity contribution in [3.8, 4) is 0 Å². The molecule has 0 fully saturated rings. The van der Waals surface area contributed by atoms with Gasteiger partial charge in [-0.25, -0.2) is 0 Å². The molecule has 0 bridgehead atoms. The first kappa shape index (κ1) is 12.1. The Morgan fingerprint density at radius 2 is 2.20 bits per heavy atom. The van der Waals surface area contributed by atoms with Gasteiger partial charge in [-0.15, -0.1) is 0 Å². The highest BCUT2D eigenvalue weighted by atomic mass is 19.4. The van der Waals surface area contributed by atoms with Crippen molar-refractivity contribution in [3.63, 3.8) is 0 Å². The molecule has 0 unspecified atom stereocenters. The third kappa shape index (κ3) is 3.56. The van der Waals surface area contributed by atoms with Crippen LogP contribution >= 0.6 is 0 Å². The number of aryl methyl sites for hydroxylation is 1. The van der Waals surface area contributed by atoms with Crippen LogP contribution in [0.5, 0.6) is 0 Å². The molecular weight excluding hydrogens is 209 g/mol. The second kappa shape index (κ2) is 4.67. The van der Waals surface area contributed by atoms with Crippen molar-refractivity contribution in [2.75, 3.05) is 6.54 Å². The van der Waals surface area contributed by atoms with E-state index in [1.165, 1.54) is 0 Å². The molecule has 0 saturated carbocycles. The third-order valence-corrected chi connectivity index (χ3v) is 2.07. The first-order valence-corrected chi connectivity index (χ1v) is 4.47. The number of aliphatic hydroxyl groups excluding tert-OH is 1. The van der Waals surface area contributed by atoms with E-state index in [9.17, 15) is 13.2 Å². The van der Waals surface area contributed by atoms with E-state index in [0.29, 0.717) is 6.54 Å². The van der Waals surface area contributed by atoms with Gasteiger partial charge in [-0.2, -0.15) is 13.2 Å². The Labute approximate surface area is 85.5 Å². The maximum absolute atomic E-state index is 11.9. The van der Waals surface area contributed by atoms with Gasteiger partial charge >= 0.3 is 6.18 Å². The maximum atomic E-state index is 11.9. The Morgan fingerprint density at radius 3 is 2.67 bits per heavy atom. The van der Waals surface area contributed by atoms with Crippen LogP contribution in [0.4, 0.5) is 13.2 Å². The fraction of sp³-hybridized carbons (Fsp3) is 0.556. The molecule has 1 atom stereocenters. The second-order valence-electron chi connectivity index (χ2n) is 3.30. The lowest BCUT2D eigenvalue weighted by Gasteiger charge is -2.15. The SMILES string of the molecule is Cn1cccc1CNC[C@H](O)C(F)(F)F. The average Bonchev–Trinajstić information content (AvgIpc) is 2.50. The van der Waals surface area contributed by atoms with Crippen molar-refractivity contribution in [3.05, 3.63) is 24.0 Å². The quantitative estimate of drug-likeness (QED) is 0.798. The number of rotatable bonds is 4. The highest BCUT2D eigenvalue weighted by molar-refractivity contribution is 5.05. The van der Waals surface area contributed by atoms with Crippen LogP contribution in [-0.2, 0) is 13.6 Å². The number of hydrogen-bond donors (Lipinski definition) is 2. The molecule has 6 heteroatoms. The summed E-state index contributed by atoms with van der Waals surface area (Å²) < 4.78 is 37.5. The van der Waals surface area contributed by atoms with Crippen molar-refractivity contribution in [2.45, 2.75) is 18.8 Å². The molecule has 86 valence electrons. The zero-order valence-electron chi connectivity index (χ0n) is 8.25. The lowest BCUT2D eigenvalue weighted by Crippen LogP contribution is -2.38.